The first-order valence-corrected chi connectivity index (χ1v) is 7.87. The molecule has 6 heteroatoms. The maximum Gasteiger partial charge on any atom is 0.241 e. The van der Waals surface area contributed by atoms with Crippen molar-refractivity contribution in [2.75, 3.05) is 19.5 Å². The normalized spacial score (nSPS) is 12.1. The van der Waals surface area contributed by atoms with Crippen LogP contribution in [0.1, 0.15) is 12.5 Å². The quantitative estimate of drug-likeness (QED) is 0.857. The number of ether oxygens (including phenoxy) is 1. The summed E-state index contributed by atoms with van der Waals surface area (Å²) in [5.74, 6) is 0.0848. The third-order valence-corrected chi connectivity index (χ3v) is 4.04. The van der Waals surface area contributed by atoms with Gasteiger partial charge in [-0.05, 0) is 49.9 Å². The molecule has 2 aromatic carbocycles. The van der Waals surface area contributed by atoms with Crippen LogP contribution in [0.3, 0.4) is 0 Å². The zero-order valence-electron chi connectivity index (χ0n) is 13.8. The summed E-state index contributed by atoms with van der Waals surface area (Å²) in [4.78, 5) is 14.3. The Balaban J connectivity index is 2.03. The van der Waals surface area contributed by atoms with E-state index < -0.39 is 6.04 Å². The maximum atomic E-state index is 13.0. The Morgan fingerprint density at radius 2 is 1.96 bits per heavy atom. The van der Waals surface area contributed by atoms with Gasteiger partial charge in [0.15, 0.2) is 0 Å². The SMILES string of the molecule is COc1ccc(Cl)cc1NC(=O)C(C)N(C)Cc1ccc(F)cc1. The molecule has 1 atom stereocenters. The minimum absolute atomic E-state index is 0.180. The van der Waals surface area contributed by atoms with Crippen LogP contribution in [0.4, 0.5) is 10.1 Å². The number of hydrogen-bond acceptors (Lipinski definition) is 3. The summed E-state index contributed by atoms with van der Waals surface area (Å²) >= 11 is 5.97. The number of carbonyl (C=O) groups is 1. The number of amides is 1. The van der Waals surface area contributed by atoms with E-state index in [1.165, 1.54) is 19.2 Å². The van der Waals surface area contributed by atoms with E-state index >= 15 is 0 Å². The second kappa shape index (κ2) is 8.13. The molecule has 0 aliphatic heterocycles. The number of carbonyl (C=O) groups excluding carboxylic acids is 1. The average Bonchev–Trinajstić information content (AvgIpc) is 2.56. The van der Waals surface area contributed by atoms with Gasteiger partial charge in [0.2, 0.25) is 5.91 Å². The lowest BCUT2D eigenvalue weighted by atomic mass is 10.2. The van der Waals surface area contributed by atoms with Gasteiger partial charge in [0.05, 0.1) is 18.8 Å². The summed E-state index contributed by atoms with van der Waals surface area (Å²) < 4.78 is 18.2. The van der Waals surface area contributed by atoms with E-state index in [-0.39, 0.29) is 11.7 Å². The lowest BCUT2D eigenvalue weighted by Gasteiger charge is -2.24. The first-order chi connectivity index (χ1) is 11.4. The van der Waals surface area contributed by atoms with Gasteiger partial charge in [0.1, 0.15) is 11.6 Å². The molecular formula is C18H20ClFN2O2. The predicted octanol–water partition coefficient (Wildman–Crippen LogP) is 3.95. The molecular weight excluding hydrogens is 331 g/mol. The first kappa shape index (κ1) is 18.2. The lowest BCUT2D eigenvalue weighted by molar-refractivity contribution is -0.120. The second-order valence-electron chi connectivity index (χ2n) is 5.55. The van der Waals surface area contributed by atoms with Crippen molar-refractivity contribution in [3.8, 4) is 5.75 Å². The van der Waals surface area contributed by atoms with Crippen LogP contribution >= 0.6 is 11.6 Å². The zero-order valence-corrected chi connectivity index (χ0v) is 14.6. The van der Waals surface area contributed by atoms with Crippen LogP contribution in [0, 0.1) is 5.82 Å². The zero-order chi connectivity index (χ0) is 17.7. The number of rotatable bonds is 6. The Kier molecular flexibility index (Phi) is 6.17. The van der Waals surface area contributed by atoms with E-state index in [0.717, 1.165) is 5.56 Å². The van der Waals surface area contributed by atoms with Crippen molar-refractivity contribution in [3.05, 3.63) is 58.9 Å². The third kappa shape index (κ3) is 4.69. The third-order valence-electron chi connectivity index (χ3n) is 3.81. The number of hydrogen-bond donors (Lipinski definition) is 1. The van der Waals surface area contributed by atoms with Gasteiger partial charge in [-0.25, -0.2) is 4.39 Å². The fourth-order valence-corrected chi connectivity index (χ4v) is 2.40. The Bertz CT molecular complexity index is 707. The standard InChI is InChI=1S/C18H20ClFN2O2/c1-12(22(2)11-13-4-7-15(20)8-5-13)18(23)21-16-10-14(19)6-9-17(16)24-3/h4-10,12H,11H2,1-3H3,(H,21,23). The smallest absolute Gasteiger partial charge is 0.241 e. The molecule has 0 aliphatic rings. The van der Waals surface area contributed by atoms with Crippen LogP contribution in [0.25, 0.3) is 0 Å². The molecule has 2 rings (SSSR count). The van der Waals surface area contributed by atoms with Gasteiger partial charge in [0.25, 0.3) is 0 Å². The molecule has 2 aromatic rings. The fourth-order valence-electron chi connectivity index (χ4n) is 2.23. The Morgan fingerprint density at radius 3 is 2.58 bits per heavy atom. The Hall–Kier alpha value is -2.11. The molecule has 0 spiro atoms. The molecule has 128 valence electrons. The topological polar surface area (TPSA) is 41.6 Å². The van der Waals surface area contributed by atoms with E-state index in [4.69, 9.17) is 16.3 Å². The maximum absolute atomic E-state index is 13.0. The van der Waals surface area contributed by atoms with Crippen molar-refractivity contribution < 1.29 is 13.9 Å². The Labute approximate surface area is 146 Å². The van der Waals surface area contributed by atoms with Crippen molar-refractivity contribution in [1.29, 1.82) is 0 Å². The molecule has 1 unspecified atom stereocenters. The second-order valence-corrected chi connectivity index (χ2v) is 5.99. The Morgan fingerprint density at radius 1 is 1.29 bits per heavy atom. The molecule has 0 aliphatic carbocycles. The number of nitrogens with zero attached hydrogens (tertiary/aromatic N) is 1. The molecule has 0 fully saturated rings. The van der Waals surface area contributed by atoms with Crippen molar-refractivity contribution in [2.24, 2.45) is 0 Å². The van der Waals surface area contributed by atoms with E-state index in [1.807, 2.05) is 11.9 Å². The molecule has 4 nitrogen and oxygen atoms in total. The van der Waals surface area contributed by atoms with Gasteiger partial charge in [-0.2, -0.15) is 0 Å². The van der Waals surface area contributed by atoms with E-state index in [9.17, 15) is 9.18 Å². The summed E-state index contributed by atoms with van der Waals surface area (Å²) in [7, 11) is 3.37. The fraction of sp³-hybridized carbons (Fsp3) is 0.278. The van der Waals surface area contributed by atoms with Crippen LogP contribution < -0.4 is 10.1 Å². The number of halogens is 2. The minimum Gasteiger partial charge on any atom is -0.495 e. The van der Waals surface area contributed by atoms with Gasteiger partial charge >= 0.3 is 0 Å². The summed E-state index contributed by atoms with van der Waals surface area (Å²) in [5, 5.41) is 3.34. The number of nitrogens with one attached hydrogen (secondary N) is 1. The molecule has 0 radical (unpaired) electrons. The van der Waals surface area contributed by atoms with E-state index in [2.05, 4.69) is 5.32 Å². The minimum atomic E-state index is -0.390. The van der Waals surface area contributed by atoms with Crippen molar-refractivity contribution in [3.63, 3.8) is 0 Å². The highest BCUT2D eigenvalue weighted by molar-refractivity contribution is 6.31. The predicted molar refractivity (Wildman–Crippen MR) is 94.0 cm³/mol. The van der Waals surface area contributed by atoms with Crippen molar-refractivity contribution >= 4 is 23.2 Å². The van der Waals surface area contributed by atoms with Gasteiger partial charge in [-0.15, -0.1) is 0 Å². The molecule has 1 amide bonds. The average molecular weight is 351 g/mol. The van der Waals surface area contributed by atoms with Crippen LogP contribution in [-0.2, 0) is 11.3 Å². The summed E-state index contributed by atoms with van der Waals surface area (Å²) in [5.41, 5.74) is 1.45. The molecule has 0 saturated heterocycles. The molecule has 0 aromatic heterocycles. The number of anilines is 1. The van der Waals surface area contributed by atoms with Gasteiger partial charge in [0, 0.05) is 11.6 Å². The summed E-state index contributed by atoms with van der Waals surface area (Å²) in [6.45, 7) is 2.33. The van der Waals surface area contributed by atoms with Gasteiger partial charge < -0.3 is 10.1 Å². The monoisotopic (exact) mass is 350 g/mol. The first-order valence-electron chi connectivity index (χ1n) is 7.50. The van der Waals surface area contributed by atoms with Crippen LogP contribution in [0.2, 0.25) is 5.02 Å². The lowest BCUT2D eigenvalue weighted by Crippen LogP contribution is -2.39. The van der Waals surface area contributed by atoms with E-state index in [0.29, 0.717) is 23.0 Å². The molecule has 24 heavy (non-hydrogen) atoms. The number of likely N-dealkylation sites (N-methyl/N-ethyl adjacent to an activating group) is 1. The molecule has 0 heterocycles. The summed E-state index contributed by atoms with van der Waals surface area (Å²) in [6.07, 6.45) is 0. The largest absolute Gasteiger partial charge is 0.495 e. The highest BCUT2D eigenvalue weighted by Crippen LogP contribution is 2.28. The molecule has 1 N–H and O–H groups in total. The number of benzene rings is 2. The molecule has 0 bridgehead atoms. The van der Waals surface area contributed by atoms with Gasteiger partial charge in [-0.1, -0.05) is 23.7 Å². The highest BCUT2D eigenvalue weighted by atomic mass is 35.5. The van der Waals surface area contributed by atoms with Crippen LogP contribution in [0.15, 0.2) is 42.5 Å². The van der Waals surface area contributed by atoms with E-state index in [1.54, 1.807) is 37.3 Å². The molecule has 0 saturated carbocycles. The highest BCUT2D eigenvalue weighted by Gasteiger charge is 2.19. The van der Waals surface area contributed by atoms with Crippen molar-refractivity contribution in [2.45, 2.75) is 19.5 Å². The van der Waals surface area contributed by atoms with Gasteiger partial charge in [-0.3, -0.25) is 9.69 Å². The van der Waals surface area contributed by atoms with Crippen LogP contribution in [0.5, 0.6) is 5.75 Å². The number of methoxy groups -OCH3 is 1. The summed E-state index contributed by atoms with van der Waals surface area (Å²) in [6, 6.07) is 10.9. The van der Waals surface area contributed by atoms with Crippen molar-refractivity contribution in [1.82, 2.24) is 4.90 Å². The van der Waals surface area contributed by atoms with Crippen LogP contribution in [-0.4, -0.2) is 31.0 Å².